The van der Waals surface area contributed by atoms with Crippen molar-refractivity contribution in [1.82, 2.24) is 10.3 Å². The van der Waals surface area contributed by atoms with Gasteiger partial charge in [-0.25, -0.2) is 0 Å². The zero-order valence-corrected chi connectivity index (χ0v) is 14.0. The topological polar surface area (TPSA) is 54.1 Å². The van der Waals surface area contributed by atoms with Crippen LogP contribution in [-0.4, -0.2) is 30.6 Å². The molecule has 0 radical (unpaired) electrons. The van der Waals surface area contributed by atoms with Crippen LogP contribution in [0.1, 0.15) is 23.3 Å². The molecule has 0 aliphatic heterocycles. The molecule has 0 saturated heterocycles. The van der Waals surface area contributed by atoms with Crippen LogP contribution in [0.15, 0.2) is 48.0 Å². The summed E-state index contributed by atoms with van der Waals surface area (Å²) in [7, 11) is 1.41. The molecule has 0 bridgehead atoms. The number of aromatic nitrogens is 1. The Morgan fingerprint density at radius 3 is 2.87 bits per heavy atom. The summed E-state index contributed by atoms with van der Waals surface area (Å²) in [6, 6.07) is 12.2. The molecule has 2 aromatic heterocycles. The van der Waals surface area contributed by atoms with E-state index in [1.54, 1.807) is 11.3 Å². The third-order valence-corrected chi connectivity index (χ3v) is 5.05. The summed E-state index contributed by atoms with van der Waals surface area (Å²) in [5.41, 5.74) is 2.37. The maximum absolute atomic E-state index is 11.6. The largest absolute Gasteiger partial charge is 0.468 e. The normalized spacial score (nSPS) is 13.8. The van der Waals surface area contributed by atoms with E-state index < -0.39 is 0 Å². The molecule has 1 aromatic carbocycles. The van der Waals surface area contributed by atoms with Gasteiger partial charge in [0.1, 0.15) is 6.04 Å². The second-order valence-electron chi connectivity index (χ2n) is 5.51. The number of thiophene rings is 1. The first kappa shape index (κ1) is 15.8. The number of carbonyl (C=O) groups excluding carboxylic acids is 1. The zero-order valence-electron chi connectivity index (χ0n) is 13.2. The SMILES string of the molecule is COC(=O)[C@H](C)NC[C@@H](c1cccs1)c1c[nH]c2ccccc12. The number of esters is 1. The van der Waals surface area contributed by atoms with Crippen LogP contribution in [0.2, 0.25) is 0 Å². The highest BCUT2D eigenvalue weighted by Crippen LogP contribution is 2.32. The van der Waals surface area contributed by atoms with Crippen LogP contribution in [-0.2, 0) is 9.53 Å². The highest BCUT2D eigenvalue weighted by atomic mass is 32.1. The number of ether oxygens (including phenoxy) is 1. The van der Waals surface area contributed by atoms with Crippen molar-refractivity contribution in [2.45, 2.75) is 18.9 Å². The molecule has 0 aliphatic rings. The first-order chi connectivity index (χ1) is 11.2. The molecule has 2 atom stereocenters. The van der Waals surface area contributed by atoms with Gasteiger partial charge in [0, 0.05) is 34.4 Å². The standard InChI is InChI=1S/C18H20N2O2S/c1-12(18(21)22-2)19-11-15(17-8-5-9-23-17)14-10-20-16-7-4-3-6-13(14)16/h3-10,12,15,19-20H,11H2,1-2H3/t12-,15+/m0/s1. The fourth-order valence-corrected chi connectivity index (χ4v) is 3.64. The summed E-state index contributed by atoms with van der Waals surface area (Å²) in [6.45, 7) is 2.51. The van der Waals surface area contributed by atoms with Crippen LogP contribution in [0.3, 0.4) is 0 Å². The molecule has 2 heterocycles. The number of aromatic amines is 1. The highest BCUT2D eigenvalue weighted by molar-refractivity contribution is 7.10. The average molecular weight is 328 g/mol. The number of nitrogens with one attached hydrogen (secondary N) is 2. The van der Waals surface area contributed by atoms with Crippen molar-refractivity contribution in [2.24, 2.45) is 0 Å². The minimum Gasteiger partial charge on any atom is -0.468 e. The number of para-hydroxylation sites is 1. The van der Waals surface area contributed by atoms with Gasteiger partial charge in [0.05, 0.1) is 7.11 Å². The Hall–Kier alpha value is -2.11. The lowest BCUT2D eigenvalue weighted by molar-refractivity contribution is -0.142. The Morgan fingerprint density at radius 1 is 1.30 bits per heavy atom. The first-order valence-corrected chi connectivity index (χ1v) is 8.49. The molecule has 5 heteroatoms. The third kappa shape index (κ3) is 3.30. The first-order valence-electron chi connectivity index (χ1n) is 7.61. The number of carbonyl (C=O) groups is 1. The molecule has 2 N–H and O–H groups in total. The second-order valence-corrected chi connectivity index (χ2v) is 6.49. The average Bonchev–Trinajstić information content (AvgIpc) is 3.24. The van der Waals surface area contributed by atoms with Gasteiger partial charge in [-0.3, -0.25) is 4.79 Å². The van der Waals surface area contributed by atoms with E-state index >= 15 is 0 Å². The minimum atomic E-state index is -0.326. The van der Waals surface area contributed by atoms with E-state index in [1.807, 2.05) is 13.0 Å². The minimum absolute atomic E-state index is 0.193. The van der Waals surface area contributed by atoms with E-state index in [0.29, 0.717) is 6.54 Å². The van der Waals surface area contributed by atoms with Gasteiger partial charge in [-0.1, -0.05) is 24.3 Å². The van der Waals surface area contributed by atoms with Crippen LogP contribution in [0, 0.1) is 0 Å². The van der Waals surface area contributed by atoms with Gasteiger partial charge < -0.3 is 15.0 Å². The Kier molecular flexibility index (Phi) is 4.79. The summed E-state index contributed by atoms with van der Waals surface area (Å²) in [6.07, 6.45) is 2.07. The van der Waals surface area contributed by atoms with Gasteiger partial charge in [-0.05, 0) is 30.0 Å². The van der Waals surface area contributed by atoms with Gasteiger partial charge in [0.25, 0.3) is 0 Å². The molecule has 3 aromatic rings. The Morgan fingerprint density at radius 2 is 2.13 bits per heavy atom. The molecule has 0 amide bonds. The number of hydrogen-bond acceptors (Lipinski definition) is 4. The molecular formula is C18H20N2O2S. The molecule has 0 saturated carbocycles. The fraction of sp³-hybridized carbons (Fsp3) is 0.278. The van der Waals surface area contributed by atoms with E-state index in [2.05, 4.69) is 52.2 Å². The number of hydrogen-bond donors (Lipinski definition) is 2. The molecule has 0 fully saturated rings. The molecular weight excluding hydrogens is 308 g/mol. The molecule has 120 valence electrons. The number of rotatable bonds is 6. The Bertz CT molecular complexity index is 779. The van der Waals surface area contributed by atoms with Crippen LogP contribution in [0.5, 0.6) is 0 Å². The van der Waals surface area contributed by atoms with Gasteiger partial charge in [0.15, 0.2) is 0 Å². The lowest BCUT2D eigenvalue weighted by Gasteiger charge is -2.19. The number of fused-ring (bicyclic) bond motifs is 1. The van der Waals surface area contributed by atoms with Crippen molar-refractivity contribution in [1.29, 1.82) is 0 Å². The predicted molar refractivity (Wildman–Crippen MR) is 93.9 cm³/mol. The summed E-state index contributed by atoms with van der Waals surface area (Å²) in [5.74, 6) is -0.0490. The van der Waals surface area contributed by atoms with E-state index in [0.717, 1.165) is 5.52 Å². The van der Waals surface area contributed by atoms with Gasteiger partial charge in [-0.2, -0.15) is 0 Å². The Balaban J connectivity index is 1.89. The smallest absolute Gasteiger partial charge is 0.322 e. The van der Waals surface area contributed by atoms with Crippen molar-refractivity contribution in [3.05, 3.63) is 58.4 Å². The summed E-state index contributed by atoms with van der Waals surface area (Å²) < 4.78 is 4.79. The molecule has 23 heavy (non-hydrogen) atoms. The van der Waals surface area contributed by atoms with Crippen molar-refractivity contribution < 1.29 is 9.53 Å². The van der Waals surface area contributed by atoms with E-state index in [1.165, 1.54) is 22.9 Å². The lowest BCUT2D eigenvalue weighted by Crippen LogP contribution is -2.37. The monoisotopic (exact) mass is 328 g/mol. The fourth-order valence-electron chi connectivity index (χ4n) is 2.79. The van der Waals surface area contributed by atoms with Crippen LogP contribution in [0.25, 0.3) is 10.9 Å². The van der Waals surface area contributed by atoms with Gasteiger partial charge in [0.2, 0.25) is 0 Å². The highest BCUT2D eigenvalue weighted by Gasteiger charge is 2.21. The zero-order chi connectivity index (χ0) is 16.2. The van der Waals surface area contributed by atoms with Crippen molar-refractivity contribution in [2.75, 3.05) is 13.7 Å². The summed E-state index contributed by atoms with van der Waals surface area (Å²) in [5, 5.41) is 6.60. The summed E-state index contributed by atoms with van der Waals surface area (Å²) >= 11 is 1.73. The molecule has 0 spiro atoms. The predicted octanol–water partition coefficient (Wildman–Crippen LogP) is 3.51. The van der Waals surface area contributed by atoms with Crippen molar-refractivity contribution in [3.63, 3.8) is 0 Å². The van der Waals surface area contributed by atoms with Crippen molar-refractivity contribution >= 4 is 28.2 Å². The number of benzene rings is 1. The number of H-pyrrole nitrogens is 1. The van der Waals surface area contributed by atoms with Gasteiger partial charge >= 0.3 is 5.97 Å². The second kappa shape index (κ2) is 6.98. The lowest BCUT2D eigenvalue weighted by atomic mass is 9.96. The third-order valence-electron chi connectivity index (χ3n) is 4.07. The number of methoxy groups -OCH3 is 1. The van der Waals surface area contributed by atoms with Gasteiger partial charge in [-0.15, -0.1) is 11.3 Å². The van der Waals surface area contributed by atoms with E-state index in [9.17, 15) is 4.79 Å². The van der Waals surface area contributed by atoms with E-state index in [4.69, 9.17) is 4.74 Å². The van der Waals surface area contributed by atoms with Crippen LogP contribution in [0.4, 0.5) is 0 Å². The molecule has 0 aliphatic carbocycles. The van der Waals surface area contributed by atoms with E-state index in [-0.39, 0.29) is 17.9 Å². The van der Waals surface area contributed by atoms with Crippen LogP contribution >= 0.6 is 11.3 Å². The Labute approximate surface area is 139 Å². The molecule has 4 nitrogen and oxygen atoms in total. The maximum atomic E-state index is 11.6. The van der Waals surface area contributed by atoms with Crippen LogP contribution < -0.4 is 5.32 Å². The maximum Gasteiger partial charge on any atom is 0.322 e. The molecule has 0 unspecified atom stereocenters. The quantitative estimate of drug-likeness (QED) is 0.681. The van der Waals surface area contributed by atoms with Crippen molar-refractivity contribution in [3.8, 4) is 0 Å². The molecule has 3 rings (SSSR count). The summed E-state index contributed by atoms with van der Waals surface area (Å²) in [4.78, 5) is 16.2.